The van der Waals surface area contributed by atoms with Crippen molar-refractivity contribution in [1.82, 2.24) is 5.32 Å². The van der Waals surface area contributed by atoms with Crippen molar-refractivity contribution in [2.45, 2.75) is 19.3 Å². The minimum atomic E-state index is -0.0982. The van der Waals surface area contributed by atoms with Crippen molar-refractivity contribution in [1.29, 1.82) is 0 Å². The summed E-state index contributed by atoms with van der Waals surface area (Å²) >= 11 is 0. The monoisotopic (exact) mass is 257 g/mol. The zero-order valence-corrected chi connectivity index (χ0v) is 10.6. The first-order chi connectivity index (χ1) is 9.33. The summed E-state index contributed by atoms with van der Waals surface area (Å²) in [5.41, 5.74) is 4.91. The van der Waals surface area contributed by atoms with Crippen LogP contribution in [0.25, 0.3) is 0 Å². The van der Waals surface area contributed by atoms with Crippen LogP contribution in [0.1, 0.15) is 19.3 Å². The molecule has 2 heterocycles. The molecular formula is C14H15N3O2. The van der Waals surface area contributed by atoms with Crippen molar-refractivity contribution in [3.8, 4) is 0 Å². The largest absolute Gasteiger partial charge is 0.381 e. The number of rotatable bonds is 3. The second-order valence-electron chi connectivity index (χ2n) is 5.40. The van der Waals surface area contributed by atoms with Gasteiger partial charge in [0.25, 0.3) is 5.91 Å². The Morgan fingerprint density at radius 3 is 3.05 bits per heavy atom. The Morgan fingerprint density at radius 2 is 2.21 bits per heavy atom. The zero-order chi connectivity index (χ0) is 12.8. The van der Waals surface area contributed by atoms with Gasteiger partial charge in [-0.05, 0) is 36.0 Å². The molecule has 2 fully saturated rings. The number of azo groups is 1. The molecule has 5 heteroatoms. The first-order valence-corrected chi connectivity index (χ1v) is 6.79. The maximum atomic E-state index is 12.1. The van der Waals surface area contributed by atoms with Gasteiger partial charge in [-0.3, -0.25) is 4.79 Å². The highest BCUT2D eigenvalue weighted by atomic mass is 16.5. The molecule has 0 aromatic rings. The third-order valence-electron chi connectivity index (χ3n) is 4.10. The summed E-state index contributed by atoms with van der Waals surface area (Å²) in [6.45, 7) is 2.31. The van der Waals surface area contributed by atoms with E-state index < -0.39 is 0 Å². The van der Waals surface area contributed by atoms with Gasteiger partial charge in [-0.2, -0.15) is 0 Å². The van der Waals surface area contributed by atoms with Gasteiger partial charge in [0.1, 0.15) is 0 Å². The summed E-state index contributed by atoms with van der Waals surface area (Å²) in [6.07, 6.45) is 5.11. The highest BCUT2D eigenvalue weighted by Crippen LogP contribution is 2.51. The van der Waals surface area contributed by atoms with Crippen LogP contribution in [0.4, 0.5) is 0 Å². The number of nitrogens with zero attached hydrogens (tertiary/aromatic N) is 2. The molecule has 1 amide bonds. The molecule has 0 radical (unpaired) electrons. The summed E-state index contributed by atoms with van der Waals surface area (Å²) < 4.78 is 5.31. The van der Waals surface area contributed by atoms with Crippen LogP contribution in [0, 0.1) is 5.92 Å². The zero-order valence-electron chi connectivity index (χ0n) is 10.6. The molecule has 2 aliphatic carbocycles. The van der Waals surface area contributed by atoms with Crippen molar-refractivity contribution < 1.29 is 9.53 Å². The van der Waals surface area contributed by atoms with Crippen molar-refractivity contribution in [3.05, 3.63) is 34.2 Å². The summed E-state index contributed by atoms with van der Waals surface area (Å²) in [5, 5.41) is 11.1. The van der Waals surface area contributed by atoms with Gasteiger partial charge in [0.15, 0.2) is 5.70 Å². The number of hydrogen-bond acceptors (Lipinski definition) is 4. The van der Waals surface area contributed by atoms with Crippen LogP contribution in [-0.4, -0.2) is 25.7 Å². The van der Waals surface area contributed by atoms with Crippen LogP contribution in [-0.2, 0) is 9.53 Å². The van der Waals surface area contributed by atoms with E-state index in [1.807, 2.05) is 6.08 Å². The minimum Gasteiger partial charge on any atom is -0.381 e. The number of carbonyl (C=O) groups is 1. The first kappa shape index (κ1) is 11.1. The normalized spacial score (nSPS) is 24.5. The summed E-state index contributed by atoms with van der Waals surface area (Å²) in [4.78, 5) is 12.1. The molecule has 1 saturated heterocycles. The molecule has 19 heavy (non-hydrogen) atoms. The minimum absolute atomic E-state index is 0.0982. The van der Waals surface area contributed by atoms with E-state index in [0.717, 1.165) is 43.7 Å². The number of carbonyl (C=O) groups excluding carboxylic acids is 1. The summed E-state index contributed by atoms with van der Waals surface area (Å²) in [6, 6.07) is 0. The van der Waals surface area contributed by atoms with E-state index >= 15 is 0 Å². The number of allylic oxidation sites excluding steroid dienone is 3. The Labute approximate surface area is 111 Å². The lowest BCUT2D eigenvalue weighted by Crippen LogP contribution is -2.32. The van der Waals surface area contributed by atoms with Gasteiger partial charge in [-0.25, -0.2) is 0 Å². The fourth-order valence-electron chi connectivity index (χ4n) is 2.81. The molecule has 4 rings (SSSR count). The lowest BCUT2D eigenvalue weighted by Gasteiger charge is -2.22. The lowest BCUT2D eigenvalue weighted by atomic mass is 10.0. The summed E-state index contributed by atoms with van der Waals surface area (Å²) in [5.74, 6) is 0.425. The highest BCUT2D eigenvalue weighted by molar-refractivity contribution is 5.97. The third-order valence-corrected chi connectivity index (χ3v) is 4.10. The van der Waals surface area contributed by atoms with Crippen molar-refractivity contribution in [2.75, 3.05) is 19.8 Å². The molecule has 0 bridgehead atoms. The molecule has 0 atom stereocenters. The van der Waals surface area contributed by atoms with E-state index in [9.17, 15) is 4.79 Å². The number of nitrogens with one attached hydrogen (secondary N) is 1. The quantitative estimate of drug-likeness (QED) is 0.838. The smallest absolute Gasteiger partial charge is 0.272 e. The van der Waals surface area contributed by atoms with Gasteiger partial charge in [0.05, 0.1) is 5.70 Å². The predicted octanol–water partition coefficient (Wildman–Crippen LogP) is 1.85. The molecule has 2 aliphatic heterocycles. The number of ether oxygens (including phenoxy) is 1. The molecule has 98 valence electrons. The van der Waals surface area contributed by atoms with Crippen LogP contribution < -0.4 is 5.32 Å². The Balaban J connectivity index is 1.42. The van der Waals surface area contributed by atoms with Crippen molar-refractivity contribution in [3.63, 3.8) is 0 Å². The Bertz CT molecular complexity index is 577. The average Bonchev–Trinajstić information content (AvgIpc) is 2.93. The topological polar surface area (TPSA) is 63.0 Å². The van der Waals surface area contributed by atoms with Gasteiger partial charge >= 0.3 is 0 Å². The first-order valence-electron chi connectivity index (χ1n) is 6.79. The van der Waals surface area contributed by atoms with Crippen LogP contribution in [0.5, 0.6) is 0 Å². The standard InChI is InChI=1S/C14H15N3O2/c18-14(15-7-8-1-3-19-4-2-8)13-11-6-9-5-10(9)12(11)16-17-13/h6,8H,1-5,7H2,(H,15,18). The van der Waals surface area contributed by atoms with E-state index in [-0.39, 0.29) is 5.91 Å². The predicted molar refractivity (Wildman–Crippen MR) is 68.2 cm³/mol. The second kappa shape index (κ2) is 4.13. The van der Waals surface area contributed by atoms with Gasteiger partial charge in [0, 0.05) is 31.8 Å². The maximum absolute atomic E-state index is 12.1. The fourth-order valence-corrected chi connectivity index (χ4v) is 2.81. The average molecular weight is 257 g/mol. The van der Waals surface area contributed by atoms with E-state index in [1.165, 1.54) is 11.1 Å². The van der Waals surface area contributed by atoms with Crippen LogP contribution in [0.15, 0.2) is 44.4 Å². The highest BCUT2D eigenvalue weighted by Gasteiger charge is 2.38. The van der Waals surface area contributed by atoms with E-state index in [4.69, 9.17) is 4.74 Å². The van der Waals surface area contributed by atoms with Crippen molar-refractivity contribution in [2.24, 2.45) is 16.1 Å². The summed E-state index contributed by atoms with van der Waals surface area (Å²) in [7, 11) is 0. The fraction of sp³-hybridized carbons (Fsp3) is 0.500. The van der Waals surface area contributed by atoms with Crippen LogP contribution in [0.2, 0.25) is 0 Å². The van der Waals surface area contributed by atoms with Crippen LogP contribution in [0.3, 0.4) is 0 Å². The third kappa shape index (κ3) is 1.85. The molecule has 5 nitrogen and oxygen atoms in total. The van der Waals surface area contributed by atoms with Gasteiger partial charge in [-0.15, -0.1) is 10.2 Å². The molecular weight excluding hydrogens is 242 g/mol. The SMILES string of the molecule is O=C(NCC1CCOCC1)C1=C2C=C3CC3=C2N=N1. The van der Waals surface area contributed by atoms with Gasteiger partial charge in [-0.1, -0.05) is 0 Å². The Hall–Kier alpha value is -1.75. The van der Waals surface area contributed by atoms with E-state index in [1.54, 1.807) is 0 Å². The molecule has 0 unspecified atom stereocenters. The molecule has 0 spiro atoms. The molecule has 0 aromatic carbocycles. The molecule has 1 saturated carbocycles. The van der Waals surface area contributed by atoms with E-state index in [2.05, 4.69) is 15.5 Å². The van der Waals surface area contributed by atoms with Crippen LogP contribution >= 0.6 is 0 Å². The molecule has 1 N–H and O–H groups in total. The van der Waals surface area contributed by atoms with Gasteiger partial charge in [0.2, 0.25) is 0 Å². The van der Waals surface area contributed by atoms with Crippen molar-refractivity contribution >= 4 is 5.91 Å². The van der Waals surface area contributed by atoms with E-state index in [0.29, 0.717) is 18.2 Å². The number of amides is 1. The number of fused-ring (bicyclic) bond motifs is 2. The molecule has 0 aromatic heterocycles. The van der Waals surface area contributed by atoms with Gasteiger partial charge < -0.3 is 10.1 Å². The number of hydrogen-bond donors (Lipinski definition) is 1. The lowest BCUT2D eigenvalue weighted by molar-refractivity contribution is -0.117. The maximum Gasteiger partial charge on any atom is 0.272 e. The second-order valence-corrected chi connectivity index (χ2v) is 5.40. The molecule has 4 aliphatic rings. The Kier molecular flexibility index (Phi) is 2.41. The Morgan fingerprint density at radius 1 is 1.37 bits per heavy atom.